The third-order valence-corrected chi connectivity index (χ3v) is 8.75. The Labute approximate surface area is 224 Å². The maximum absolute atomic E-state index is 13.1. The lowest BCUT2D eigenvalue weighted by Gasteiger charge is -2.25. The molecule has 0 aliphatic carbocycles. The minimum Gasteiger partial charge on any atom is -0.492 e. The summed E-state index contributed by atoms with van der Waals surface area (Å²) in [5.74, 6) is 1.60. The Kier molecular flexibility index (Phi) is 9.94. The molecule has 10 heteroatoms. The summed E-state index contributed by atoms with van der Waals surface area (Å²) in [4.78, 5) is 11.6. The van der Waals surface area contributed by atoms with Crippen molar-refractivity contribution >= 4 is 16.4 Å². The highest BCUT2D eigenvalue weighted by atomic mass is 32.2. The Morgan fingerprint density at radius 3 is 2.18 bits per heavy atom. The second kappa shape index (κ2) is 13.6. The quantitative estimate of drug-likeness (QED) is 0.251. The van der Waals surface area contributed by atoms with E-state index >= 15 is 0 Å². The van der Waals surface area contributed by atoms with E-state index in [-0.39, 0.29) is 13.0 Å². The average molecular weight is 542 g/mol. The van der Waals surface area contributed by atoms with Crippen LogP contribution in [0.4, 0.5) is 0 Å². The molecule has 5 rings (SSSR count). The maximum Gasteiger partial charge on any atom is 0.243 e. The maximum atomic E-state index is 13.1. The molecule has 38 heavy (non-hydrogen) atoms. The number of carbonyl (C=O) groups is 1. The second-order valence-corrected chi connectivity index (χ2v) is 11.3. The van der Waals surface area contributed by atoms with Crippen molar-refractivity contribution in [2.24, 2.45) is 0 Å². The van der Waals surface area contributed by atoms with Crippen molar-refractivity contribution in [1.82, 2.24) is 14.7 Å². The summed E-state index contributed by atoms with van der Waals surface area (Å²) in [6.45, 7) is 4.77. The molecule has 204 valence electrons. The first-order valence-corrected chi connectivity index (χ1v) is 14.4. The van der Waals surface area contributed by atoms with Gasteiger partial charge in [-0.25, -0.2) is 13.9 Å². The molecule has 0 saturated carbocycles. The van der Waals surface area contributed by atoms with Gasteiger partial charge in [0.25, 0.3) is 0 Å². The molecule has 2 aliphatic rings. The largest absolute Gasteiger partial charge is 0.492 e. The van der Waals surface area contributed by atoms with E-state index in [0.717, 1.165) is 34.7 Å². The molecule has 0 spiro atoms. The predicted octanol–water partition coefficient (Wildman–Crippen LogP) is 4.07. The van der Waals surface area contributed by atoms with Gasteiger partial charge >= 0.3 is 0 Å². The SMILES string of the molecule is O=CNO.O=S(=O)(c1ccc(-c2ccc(OCCN3CCCCCC3)cc2)cc1)N1CCc2ccoc2C1. The number of rotatable bonds is 8. The van der Waals surface area contributed by atoms with Crippen molar-refractivity contribution in [2.45, 2.75) is 43.5 Å². The minimum atomic E-state index is -3.56. The molecule has 0 atom stereocenters. The van der Waals surface area contributed by atoms with E-state index in [2.05, 4.69) is 4.90 Å². The van der Waals surface area contributed by atoms with Crippen LogP contribution in [0.5, 0.6) is 5.75 Å². The highest BCUT2D eigenvalue weighted by Gasteiger charge is 2.29. The average Bonchev–Trinajstić information content (AvgIpc) is 3.28. The van der Waals surface area contributed by atoms with Gasteiger partial charge in [-0.1, -0.05) is 37.1 Å². The molecule has 9 nitrogen and oxygen atoms in total. The van der Waals surface area contributed by atoms with Gasteiger partial charge < -0.3 is 9.15 Å². The van der Waals surface area contributed by atoms with Crippen molar-refractivity contribution in [3.05, 3.63) is 72.2 Å². The van der Waals surface area contributed by atoms with Crippen LogP contribution in [0.2, 0.25) is 0 Å². The van der Waals surface area contributed by atoms with Gasteiger partial charge in [-0.15, -0.1) is 0 Å². The first kappa shape index (κ1) is 27.8. The second-order valence-electron chi connectivity index (χ2n) is 9.36. The van der Waals surface area contributed by atoms with Gasteiger partial charge in [0.15, 0.2) is 0 Å². The number of furan rings is 1. The third kappa shape index (κ3) is 7.22. The molecule has 2 aliphatic heterocycles. The predicted molar refractivity (Wildman–Crippen MR) is 143 cm³/mol. The molecule has 1 amide bonds. The van der Waals surface area contributed by atoms with Gasteiger partial charge in [0, 0.05) is 13.1 Å². The van der Waals surface area contributed by atoms with Crippen LogP contribution in [-0.2, 0) is 27.8 Å². The Hall–Kier alpha value is -3.18. The fraction of sp³-hybridized carbons (Fsp3) is 0.393. The van der Waals surface area contributed by atoms with E-state index in [1.165, 1.54) is 48.6 Å². The zero-order valence-electron chi connectivity index (χ0n) is 21.4. The summed E-state index contributed by atoms with van der Waals surface area (Å²) in [7, 11) is -3.56. The molecule has 1 saturated heterocycles. The number of hydrogen-bond donors (Lipinski definition) is 2. The summed E-state index contributed by atoms with van der Waals surface area (Å²) < 4.78 is 39.1. The zero-order valence-corrected chi connectivity index (χ0v) is 22.2. The lowest BCUT2D eigenvalue weighted by Crippen LogP contribution is -2.35. The number of likely N-dealkylation sites (tertiary alicyclic amines) is 1. The fourth-order valence-corrected chi connectivity index (χ4v) is 6.18. The van der Waals surface area contributed by atoms with Gasteiger partial charge in [-0.05, 0) is 79.4 Å². The van der Waals surface area contributed by atoms with E-state index in [9.17, 15) is 8.42 Å². The van der Waals surface area contributed by atoms with Crippen LogP contribution < -0.4 is 10.2 Å². The number of nitrogens with zero attached hydrogens (tertiary/aromatic N) is 2. The molecular weight excluding hydrogens is 506 g/mol. The Morgan fingerprint density at radius 2 is 1.55 bits per heavy atom. The molecule has 2 N–H and O–H groups in total. The van der Waals surface area contributed by atoms with Gasteiger partial charge in [0.05, 0.1) is 17.7 Å². The lowest BCUT2D eigenvalue weighted by molar-refractivity contribution is -0.116. The molecule has 3 heterocycles. The highest BCUT2D eigenvalue weighted by molar-refractivity contribution is 7.89. The van der Waals surface area contributed by atoms with E-state index < -0.39 is 10.0 Å². The van der Waals surface area contributed by atoms with Crippen molar-refractivity contribution in [1.29, 1.82) is 0 Å². The number of nitrogens with one attached hydrogen (secondary N) is 1. The zero-order chi connectivity index (χ0) is 26.8. The molecule has 0 unspecified atom stereocenters. The number of carbonyl (C=O) groups excluding carboxylic acids is 1. The molecule has 0 bridgehead atoms. The summed E-state index contributed by atoms with van der Waals surface area (Å²) in [6, 6.07) is 17.0. The number of sulfonamides is 1. The number of hydroxylamine groups is 1. The number of ether oxygens (including phenoxy) is 1. The Balaban J connectivity index is 0.000000786. The summed E-state index contributed by atoms with van der Waals surface area (Å²) in [6.07, 6.45) is 7.75. The van der Waals surface area contributed by atoms with Gasteiger partial charge in [-0.2, -0.15) is 4.31 Å². The Morgan fingerprint density at radius 1 is 0.921 bits per heavy atom. The first-order chi connectivity index (χ1) is 18.5. The molecular formula is C28H35N3O6S. The van der Waals surface area contributed by atoms with E-state index in [1.54, 1.807) is 18.4 Å². The summed E-state index contributed by atoms with van der Waals surface area (Å²) in [5, 5.41) is 7.26. The summed E-state index contributed by atoms with van der Waals surface area (Å²) >= 11 is 0. The molecule has 3 aromatic rings. The highest BCUT2D eigenvalue weighted by Crippen LogP contribution is 2.28. The Bertz CT molecular complexity index is 1250. The smallest absolute Gasteiger partial charge is 0.243 e. The van der Waals surface area contributed by atoms with Crippen molar-refractivity contribution in [3.63, 3.8) is 0 Å². The standard InChI is InChI=1S/C27H32N2O4S.CH3NO2/c30-34(31,29-17-13-24-14-19-33-27(24)21-29)26-11-7-23(8-12-26)22-5-9-25(10-6-22)32-20-18-28-15-3-1-2-4-16-28;3-1-2-4/h5-12,14,19H,1-4,13,15-18,20-21H2;1,4H,(H,2,3). The van der Waals surface area contributed by atoms with Gasteiger partial charge in [0.1, 0.15) is 18.1 Å². The first-order valence-electron chi connectivity index (χ1n) is 13.0. The molecule has 2 aromatic carbocycles. The van der Waals surface area contributed by atoms with Crippen molar-refractivity contribution in [2.75, 3.05) is 32.8 Å². The number of fused-ring (bicyclic) bond motifs is 1. The summed E-state index contributed by atoms with van der Waals surface area (Å²) in [5.41, 5.74) is 4.35. The van der Waals surface area contributed by atoms with E-state index in [4.69, 9.17) is 19.2 Å². The van der Waals surface area contributed by atoms with Crippen LogP contribution in [-0.4, -0.2) is 62.0 Å². The van der Waals surface area contributed by atoms with Crippen LogP contribution in [0.3, 0.4) is 0 Å². The number of benzene rings is 2. The number of amides is 1. The fourth-order valence-electron chi connectivity index (χ4n) is 4.78. The van der Waals surface area contributed by atoms with Crippen molar-refractivity contribution < 1.29 is 27.6 Å². The van der Waals surface area contributed by atoms with Crippen LogP contribution >= 0.6 is 0 Å². The van der Waals surface area contributed by atoms with Gasteiger partial charge in [0.2, 0.25) is 16.4 Å². The van der Waals surface area contributed by atoms with Crippen LogP contribution in [0.15, 0.2) is 70.2 Å². The monoisotopic (exact) mass is 541 g/mol. The molecule has 0 radical (unpaired) electrons. The van der Waals surface area contributed by atoms with Crippen LogP contribution in [0, 0.1) is 0 Å². The molecule has 1 aromatic heterocycles. The van der Waals surface area contributed by atoms with E-state index in [1.807, 2.05) is 42.5 Å². The van der Waals surface area contributed by atoms with Gasteiger partial charge in [-0.3, -0.25) is 14.9 Å². The minimum absolute atomic E-state index is 0.181. The number of hydrogen-bond acceptors (Lipinski definition) is 7. The normalized spacial score (nSPS) is 16.4. The van der Waals surface area contributed by atoms with Crippen LogP contribution in [0.1, 0.15) is 37.0 Å². The van der Waals surface area contributed by atoms with Crippen molar-refractivity contribution in [3.8, 4) is 16.9 Å². The lowest BCUT2D eigenvalue weighted by atomic mass is 10.1. The van der Waals surface area contributed by atoms with E-state index in [0.29, 0.717) is 24.5 Å². The third-order valence-electron chi connectivity index (χ3n) is 6.90. The molecule has 1 fully saturated rings. The topological polar surface area (TPSA) is 112 Å². The van der Waals surface area contributed by atoms with Crippen LogP contribution in [0.25, 0.3) is 11.1 Å².